The Labute approximate surface area is 150 Å². The molecule has 7 nitrogen and oxygen atoms in total. The number of hydrogen-bond donors (Lipinski definition) is 1. The molecule has 0 aliphatic carbocycles. The zero-order valence-corrected chi connectivity index (χ0v) is 14.4. The number of para-hydroxylation sites is 1. The molecule has 0 unspecified atom stereocenters. The monoisotopic (exact) mass is 365 g/mol. The minimum Gasteiger partial charge on any atom is -0.493 e. The Morgan fingerprint density at radius 2 is 2.27 bits per heavy atom. The number of nitrogens with zero attached hydrogens (tertiary/aromatic N) is 4. The first-order valence-electron chi connectivity index (χ1n) is 8.42. The molecule has 3 rings (SSSR count). The molecule has 1 aliphatic rings. The molecule has 0 saturated carbocycles. The minimum absolute atomic E-state index is 0.0867. The van der Waals surface area contributed by atoms with Crippen molar-refractivity contribution in [1.82, 2.24) is 25.0 Å². The molecule has 2 heterocycles. The smallest absolute Gasteiger partial charge is 0.318 e. The van der Waals surface area contributed by atoms with Gasteiger partial charge >= 0.3 is 6.03 Å². The minimum atomic E-state index is -2.53. The lowest BCUT2D eigenvalue weighted by Gasteiger charge is -2.23. The highest BCUT2D eigenvalue weighted by atomic mass is 19.3. The number of hydrogen-bond acceptors (Lipinski definition) is 4. The molecule has 1 N–H and O–H groups in total. The van der Waals surface area contributed by atoms with E-state index in [2.05, 4.69) is 15.4 Å². The molecule has 1 aromatic carbocycles. The van der Waals surface area contributed by atoms with Crippen LogP contribution in [0.5, 0.6) is 5.75 Å². The van der Waals surface area contributed by atoms with Gasteiger partial charge in [-0.1, -0.05) is 18.2 Å². The van der Waals surface area contributed by atoms with Gasteiger partial charge in [0.1, 0.15) is 24.4 Å². The first-order valence-corrected chi connectivity index (χ1v) is 8.42. The average molecular weight is 365 g/mol. The van der Waals surface area contributed by atoms with Crippen LogP contribution in [0.15, 0.2) is 30.6 Å². The SMILES string of the molecule is CN(Cc1ncnn1CC(F)F)C(=O)N[C@@H]1CCCOc2ccccc21. The van der Waals surface area contributed by atoms with Crippen molar-refractivity contribution in [3.63, 3.8) is 0 Å². The Kier molecular flexibility index (Phi) is 5.65. The van der Waals surface area contributed by atoms with E-state index in [1.807, 2.05) is 24.3 Å². The summed E-state index contributed by atoms with van der Waals surface area (Å²) in [6, 6.07) is 7.15. The highest BCUT2D eigenvalue weighted by molar-refractivity contribution is 5.74. The van der Waals surface area contributed by atoms with Gasteiger partial charge in [0, 0.05) is 12.6 Å². The van der Waals surface area contributed by atoms with Gasteiger partial charge in [-0.2, -0.15) is 5.10 Å². The van der Waals surface area contributed by atoms with E-state index >= 15 is 0 Å². The third-order valence-electron chi connectivity index (χ3n) is 4.22. The lowest BCUT2D eigenvalue weighted by Crippen LogP contribution is -2.39. The Hall–Kier alpha value is -2.71. The van der Waals surface area contributed by atoms with Crippen LogP contribution in [0.3, 0.4) is 0 Å². The molecule has 1 aromatic heterocycles. The highest BCUT2D eigenvalue weighted by Crippen LogP contribution is 2.31. The average Bonchev–Trinajstić information content (AvgIpc) is 2.93. The fourth-order valence-electron chi connectivity index (χ4n) is 2.91. The van der Waals surface area contributed by atoms with Crippen LogP contribution in [0, 0.1) is 0 Å². The van der Waals surface area contributed by atoms with Crippen molar-refractivity contribution >= 4 is 6.03 Å². The Morgan fingerprint density at radius 3 is 3.08 bits per heavy atom. The van der Waals surface area contributed by atoms with Gasteiger partial charge in [0.2, 0.25) is 0 Å². The molecule has 0 saturated heterocycles. The van der Waals surface area contributed by atoms with Crippen molar-refractivity contribution in [2.75, 3.05) is 13.7 Å². The summed E-state index contributed by atoms with van der Waals surface area (Å²) in [5, 5.41) is 6.77. The van der Waals surface area contributed by atoms with Crippen LogP contribution < -0.4 is 10.1 Å². The number of rotatable bonds is 5. The van der Waals surface area contributed by atoms with E-state index in [0.29, 0.717) is 12.4 Å². The Bertz CT molecular complexity index is 752. The van der Waals surface area contributed by atoms with Gasteiger partial charge in [0.25, 0.3) is 6.43 Å². The number of nitrogens with one attached hydrogen (secondary N) is 1. The number of carbonyl (C=O) groups excluding carboxylic acids is 1. The summed E-state index contributed by atoms with van der Waals surface area (Å²) in [7, 11) is 1.59. The molecule has 0 bridgehead atoms. The maximum absolute atomic E-state index is 12.6. The van der Waals surface area contributed by atoms with Crippen LogP contribution >= 0.6 is 0 Å². The molecule has 0 spiro atoms. The second-order valence-corrected chi connectivity index (χ2v) is 6.14. The maximum Gasteiger partial charge on any atom is 0.318 e. The van der Waals surface area contributed by atoms with E-state index in [0.717, 1.165) is 28.8 Å². The van der Waals surface area contributed by atoms with Crippen molar-refractivity contribution in [2.45, 2.75) is 38.4 Å². The number of halogens is 2. The molecule has 0 fully saturated rings. The van der Waals surface area contributed by atoms with Gasteiger partial charge < -0.3 is 15.0 Å². The van der Waals surface area contributed by atoms with Crippen molar-refractivity contribution in [3.05, 3.63) is 42.0 Å². The first-order chi connectivity index (χ1) is 12.5. The number of amides is 2. The van der Waals surface area contributed by atoms with E-state index in [9.17, 15) is 13.6 Å². The van der Waals surface area contributed by atoms with Crippen molar-refractivity contribution in [1.29, 1.82) is 0 Å². The molecule has 26 heavy (non-hydrogen) atoms. The largest absolute Gasteiger partial charge is 0.493 e. The number of fused-ring (bicyclic) bond motifs is 1. The van der Waals surface area contributed by atoms with Gasteiger partial charge in [-0.15, -0.1) is 0 Å². The van der Waals surface area contributed by atoms with Gasteiger partial charge in [-0.05, 0) is 18.9 Å². The summed E-state index contributed by atoms with van der Waals surface area (Å²) in [4.78, 5) is 17.9. The highest BCUT2D eigenvalue weighted by Gasteiger charge is 2.23. The molecular weight excluding hydrogens is 344 g/mol. The van der Waals surface area contributed by atoms with Gasteiger partial charge in [-0.25, -0.2) is 23.2 Å². The zero-order valence-electron chi connectivity index (χ0n) is 14.4. The molecule has 2 aromatic rings. The third-order valence-corrected chi connectivity index (χ3v) is 4.22. The summed E-state index contributed by atoms with van der Waals surface area (Å²) >= 11 is 0. The fraction of sp³-hybridized carbons (Fsp3) is 0.471. The second kappa shape index (κ2) is 8.11. The van der Waals surface area contributed by atoms with E-state index in [4.69, 9.17) is 4.74 Å². The standard InChI is InChI=1S/C17H21F2N5O2/c1-23(10-16-20-11-21-24(16)9-15(18)19)17(25)22-13-6-4-8-26-14-7-3-2-5-12(13)14/h2-3,5,7,11,13,15H,4,6,8-10H2,1H3,(H,22,25)/t13-/m1/s1. The van der Waals surface area contributed by atoms with E-state index in [-0.39, 0.29) is 18.6 Å². The van der Waals surface area contributed by atoms with Crippen LogP contribution in [0.2, 0.25) is 0 Å². The number of ether oxygens (including phenoxy) is 1. The first kappa shape index (κ1) is 18.1. The number of alkyl halides is 2. The lowest BCUT2D eigenvalue weighted by atomic mass is 10.0. The van der Waals surface area contributed by atoms with Crippen LogP contribution in [0.1, 0.15) is 30.3 Å². The molecule has 140 valence electrons. The summed E-state index contributed by atoms with van der Waals surface area (Å²) in [6.45, 7) is 0.150. The quantitative estimate of drug-likeness (QED) is 0.884. The van der Waals surface area contributed by atoms with Gasteiger partial charge in [0.05, 0.1) is 19.2 Å². The van der Waals surface area contributed by atoms with E-state index in [1.54, 1.807) is 7.05 Å². The normalized spacial score (nSPS) is 16.5. The number of carbonyl (C=O) groups is 1. The van der Waals surface area contributed by atoms with Crippen LogP contribution in [-0.2, 0) is 13.1 Å². The second-order valence-electron chi connectivity index (χ2n) is 6.14. The van der Waals surface area contributed by atoms with Crippen molar-refractivity contribution in [2.24, 2.45) is 0 Å². The number of aromatic nitrogens is 3. The summed E-state index contributed by atoms with van der Waals surface area (Å²) in [5.74, 6) is 1.09. The lowest BCUT2D eigenvalue weighted by molar-refractivity contribution is 0.119. The zero-order chi connectivity index (χ0) is 18.5. The van der Waals surface area contributed by atoms with Crippen LogP contribution in [0.25, 0.3) is 0 Å². The predicted octanol–water partition coefficient (Wildman–Crippen LogP) is 2.60. The number of benzene rings is 1. The fourth-order valence-corrected chi connectivity index (χ4v) is 2.91. The summed E-state index contributed by atoms with van der Waals surface area (Å²) in [6.07, 6.45) is 0.268. The topological polar surface area (TPSA) is 72.3 Å². The van der Waals surface area contributed by atoms with Crippen LogP contribution in [-0.4, -0.2) is 45.8 Å². The summed E-state index contributed by atoms with van der Waals surface area (Å²) in [5.41, 5.74) is 0.938. The predicted molar refractivity (Wildman–Crippen MR) is 89.9 cm³/mol. The summed E-state index contributed by atoms with van der Waals surface area (Å²) < 4.78 is 32.0. The molecular formula is C17H21F2N5O2. The van der Waals surface area contributed by atoms with Crippen LogP contribution in [0.4, 0.5) is 13.6 Å². The van der Waals surface area contributed by atoms with Crippen molar-refractivity contribution < 1.29 is 18.3 Å². The molecule has 0 radical (unpaired) electrons. The molecule has 2 amide bonds. The van der Waals surface area contributed by atoms with E-state index < -0.39 is 13.0 Å². The van der Waals surface area contributed by atoms with E-state index in [1.165, 1.54) is 11.2 Å². The molecule has 1 aliphatic heterocycles. The van der Waals surface area contributed by atoms with Gasteiger partial charge in [0.15, 0.2) is 0 Å². The van der Waals surface area contributed by atoms with Crippen molar-refractivity contribution in [3.8, 4) is 5.75 Å². The third kappa shape index (κ3) is 4.27. The van der Waals surface area contributed by atoms with Gasteiger partial charge in [-0.3, -0.25) is 0 Å². The maximum atomic E-state index is 12.6. The molecule has 9 heteroatoms. The molecule has 1 atom stereocenters. The number of urea groups is 1. The Morgan fingerprint density at radius 1 is 1.46 bits per heavy atom. The Balaban J connectivity index is 1.66.